The van der Waals surface area contributed by atoms with Crippen molar-refractivity contribution in [3.63, 3.8) is 0 Å². The van der Waals surface area contributed by atoms with E-state index in [1.807, 2.05) is 0 Å². The van der Waals surface area contributed by atoms with Crippen LogP contribution in [-0.2, 0) is 9.24 Å². The van der Waals surface area contributed by atoms with E-state index in [-0.39, 0.29) is 0 Å². The maximum Gasteiger partial charge on any atom is 0.188 e. The van der Waals surface area contributed by atoms with Crippen molar-refractivity contribution in [2.24, 2.45) is 0 Å². The third-order valence-corrected chi connectivity index (χ3v) is 15.0. The van der Waals surface area contributed by atoms with Crippen LogP contribution in [-0.4, -0.2) is 4.55 Å². The zero-order valence-electron chi connectivity index (χ0n) is 2.86. The maximum atomic E-state index is 10.4. The molecule has 0 spiro atoms. The van der Waals surface area contributed by atoms with Gasteiger partial charge in [-0.15, -0.1) is 0 Å². The molecule has 1 aliphatic rings. The van der Waals surface area contributed by atoms with E-state index in [2.05, 4.69) is 0 Å². The van der Waals surface area contributed by atoms with Gasteiger partial charge in [0.25, 0.3) is 0 Å². The smallest absolute Gasteiger partial charge is 0.188 e. The van der Waals surface area contributed by atoms with E-state index in [0.29, 0.717) is 0 Å². The molecule has 1 saturated heterocycles. The summed E-state index contributed by atoms with van der Waals surface area (Å²) < 4.78 is 10.4. The van der Waals surface area contributed by atoms with Gasteiger partial charge in [-0.25, -0.2) is 0 Å². The Morgan fingerprint density at radius 2 is 1.57 bits per heavy atom. The van der Waals surface area contributed by atoms with Gasteiger partial charge in [0.15, 0.2) is 19.7 Å². The topological polar surface area (TPSA) is 23.1 Å². The Bertz CT molecular complexity index is 46.1. The summed E-state index contributed by atoms with van der Waals surface area (Å²) >= 11 is 0. The Labute approximate surface area is 62.5 Å². The molecule has 0 aromatic heterocycles. The van der Waals surface area contributed by atoms with Crippen LogP contribution in [0.25, 0.3) is 0 Å². The number of hydrogen-bond acceptors (Lipinski definition) is 6. The molecule has 1 heterocycles. The van der Waals surface area contributed by atoms with E-state index in [0.717, 1.165) is 0 Å². The van der Waals surface area contributed by atoms with E-state index < -0.39 is 9.24 Å². The summed E-state index contributed by atoms with van der Waals surface area (Å²) in [5.41, 5.74) is 0. The minimum Gasteiger partial charge on any atom is -0.592 e. The van der Waals surface area contributed by atoms with Crippen molar-refractivity contribution < 1.29 is 4.55 Å². The highest BCUT2D eigenvalue weighted by atomic mass is 34.1. The lowest BCUT2D eigenvalue weighted by Gasteiger charge is -2.05. The van der Waals surface area contributed by atoms with E-state index in [1.54, 1.807) is 29.5 Å². The van der Waals surface area contributed by atoms with Crippen LogP contribution in [0.15, 0.2) is 0 Å². The first-order valence-electron chi connectivity index (χ1n) is 1.17. The van der Waals surface area contributed by atoms with Gasteiger partial charge in [-0.2, -0.15) is 0 Å². The summed E-state index contributed by atoms with van der Waals surface area (Å²) in [4.78, 5) is 0. The van der Waals surface area contributed by atoms with Gasteiger partial charge in [-0.05, 0) is 0 Å². The molecule has 0 aromatic carbocycles. The summed E-state index contributed by atoms with van der Waals surface area (Å²) in [6.07, 6.45) is 0. The fourth-order valence-electron chi connectivity index (χ4n) is 0.0907. The first kappa shape index (κ1) is 7.17. The third-order valence-electron chi connectivity index (χ3n) is 0.222. The molecule has 0 saturated carbocycles. The molecule has 1 nitrogen and oxygen atoms in total. The SMILES string of the molecule is [O-][S+]1SSSSS1. The summed E-state index contributed by atoms with van der Waals surface area (Å²) in [5, 5.41) is 0. The van der Waals surface area contributed by atoms with Gasteiger partial charge in [0, 0.05) is 29.5 Å². The number of rotatable bonds is 0. The lowest BCUT2D eigenvalue weighted by molar-refractivity contribution is 0.622. The average molecular weight is 208 g/mol. The molecular formula is OS6. The Kier molecular flexibility index (Phi) is 4.07. The van der Waals surface area contributed by atoms with Crippen LogP contribution >= 0.6 is 49.1 Å². The minimum absolute atomic E-state index is 0.702. The largest absolute Gasteiger partial charge is 0.592 e. The maximum absolute atomic E-state index is 10.4. The van der Waals surface area contributed by atoms with E-state index in [4.69, 9.17) is 0 Å². The van der Waals surface area contributed by atoms with Crippen LogP contribution in [0.5, 0.6) is 0 Å². The van der Waals surface area contributed by atoms with Gasteiger partial charge in [0.05, 0.1) is 0 Å². The lowest BCUT2D eigenvalue weighted by Crippen LogP contribution is -1.79. The molecular weight excluding hydrogens is 208 g/mol. The van der Waals surface area contributed by atoms with E-state index >= 15 is 0 Å². The standard InChI is InChI=1S/OS6/c1-7-5-3-2-4-6-7. The van der Waals surface area contributed by atoms with Crippen LogP contribution in [0.2, 0.25) is 0 Å². The predicted molar refractivity (Wildman–Crippen MR) is 46.1 cm³/mol. The fraction of sp³-hybridized carbons (Fsp3) is 0. The van der Waals surface area contributed by atoms with Crippen LogP contribution in [0, 0.1) is 0 Å². The van der Waals surface area contributed by atoms with Gasteiger partial charge in [0.2, 0.25) is 0 Å². The Morgan fingerprint density at radius 1 is 1.00 bits per heavy atom. The molecule has 0 atom stereocenters. The van der Waals surface area contributed by atoms with Gasteiger partial charge in [0.1, 0.15) is 9.24 Å². The molecule has 7 heavy (non-hydrogen) atoms. The van der Waals surface area contributed by atoms with Gasteiger partial charge in [-0.3, -0.25) is 0 Å². The monoisotopic (exact) mass is 208 g/mol. The highest BCUT2D eigenvalue weighted by Crippen LogP contribution is 2.61. The quantitative estimate of drug-likeness (QED) is 0.448. The molecule has 1 aliphatic heterocycles. The zero-order valence-corrected chi connectivity index (χ0v) is 7.76. The van der Waals surface area contributed by atoms with E-state index in [9.17, 15) is 4.55 Å². The molecule has 0 unspecified atom stereocenters. The Morgan fingerprint density at radius 3 is 1.86 bits per heavy atom. The van der Waals surface area contributed by atoms with Crippen LogP contribution in [0.4, 0.5) is 0 Å². The molecule has 0 bridgehead atoms. The third kappa shape index (κ3) is 2.92. The highest BCUT2D eigenvalue weighted by Gasteiger charge is 2.19. The van der Waals surface area contributed by atoms with Crippen molar-refractivity contribution in [1.29, 1.82) is 0 Å². The predicted octanol–water partition coefficient (Wildman–Crippen LogP) is 2.90. The molecule has 0 aromatic rings. The molecule has 0 amide bonds. The molecule has 42 valence electrons. The highest BCUT2D eigenvalue weighted by molar-refractivity contribution is 9.58. The van der Waals surface area contributed by atoms with Crippen LogP contribution in [0.3, 0.4) is 0 Å². The van der Waals surface area contributed by atoms with Crippen molar-refractivity contribution in [2.45, 2.75) is 0 Å². The summed E-state index contributed by atoms with van der Waals surface area (Å²) in [7, 11) is 6.94. The second-order valence-corrected chi connectivity index (χ2v) is 12.2. The first-order chi connectivity index (χ1) is 3.39. The van der Waals surface area contributed by atoms with Crippen molar-refractivity contribution in [2.75, 3.05) is 0 Å². The molecule has 0 radical (unpaired) electrons. The first-order valence-corrected chi connectivity index (χ1v) is 9.50. The zero-order chi connectivity index (χ0) is 5.11. The van der Waals surface area contributed by atoms with Gasteiger partial charge in [-0.1, -0.05) is 0 Å². The fourth-order valence-corrected chi connectivity index (χ4v) is 18.4. The Hall–Kier alpha value is 2.06. The van der Waals surface area contributed by atoms with Crippen molar-refractivity contribution in [1.82, 2.24) is 0 Å². The van der Waals surface area contributed by atoms with Crippen molar-refractivity contribution in [3.05, 3.63) is 0 Å². The van der Waals surface area contributed by atoms with Gasteiger partial charge < -0.3 is 4.55 Å². The number of hydrogen-bond donors (Lipinski definition) is 0. The Balaban J connectivity index is 2.12. The van der Waals surface area contributed by atoms with Crippen LogP contribution < -0.4 is 0 Å². The normalized spacial score (nSPS) is 25.3. The second-order valence-electron chi connectivity index (χ2n) is 0.544. The van der Waals surface area contributed by atoms with Gasteiger partial charge >= 0.3 is 0 Å². The van der Waals surface area contributed by atoms with Crippen LogP contribution in [0.1, 0.15) is 0 Å². The molecule has 1 fully saturated rings. The molecule has 1 rings (SSSR count). The summed E-state index contributed by atoms with van der Waals surface area (Å²) in [6.45, 7) is 0. The molecule has 0 N–H and O–H groups in total. The molecule has 0 aliphatic carbocycles. The molecule has 7 heteroatoms. The summed E-state index contributed by atoms with van der Waals surface area (Å²) in [5.74, 6) is 0. The lowest BCUT2D eigenvalue weighted by atomic mass is 15.9. The minimum atomic E-state index is -0.702. The van der Waals surface area contributed by atoms with Crippen molar-refractivity contribution in [3.8, 4) is 0 Å². The van der Waals surface area contributed by atoms with Crippen molar-refractivity contribution >= 4 is 58.4 Å². The second kappa shape index (κ2) is 3.97. The average Bonchev–Trinajstić information content (AvgIpc) is 1.69. The van der Waals surface area contributed by atoms with E-state index in [1.165, 1.54) is 19.7 Å². The summed E-state index contributed by atoms with van der Waals surface area (Å²) in [6, 6.07) is 0.